The maximum absolute atomic E-state index is 6.27. The molecule has 0 saturated heterocycles. The molecule has 0 unspecified atom stereocenters. The fraction of sp³-hybridized carbons (Fsp3) is 0. The maximum Gasteiger partial charge on any atom is 0.161 e. The molecule has 9 aromatic rings. The number of fused-ring (bicyclic) bond motifs is 9. The maximum atomic E-state index is 6.27. The van der Waals surface area contributed by atoms with Crippen LogP contribution in [0.2, 0.25) is 0 Å². The Kier molecular flexibility index (Phi) is 3.99. The Bertz CT molecular complexity index is 2240. The molecular weight excluding hydrogens is 482 g/mol. The van der Waals surface area contributed by atoms with E-state index in [0.29, 0.717) is 0 Å². The van der Waals surface area contributed by atoms with Gasteiger partial charge < -0.3 is 13.8 Å². The average molecular weight is 502 g/mol. The minimum atomic E-state index is 0.796. The second kappa shape index (κ2) is 7.55. The van der Waals surface area contributed by atoms with E-state index < -0.39 is 0 Å². The molecule has 0 amide bonds. The van der Waals surface area contributed by atoms with Gasteiger partial charge in [0.15, 0.2) is 5.58 Å². The summed E-state index contributed by atoms with van der Waals surface area (Å²) in [6, 6.07) is 33.1. The molecule has 39 heavy (non-hydrogen) atoms. The van der Waals surface area contributed by atoms with Crippen LogP contribution in [0.3, 0.4) is 0 Å². The van der Waals surface area contributed by atoms with Crippen molar-refractivity contribution in [2.24, 2.45) is 0 Å². The molecule has 0 fully saturated rings. The Morgan fingerprint density at radius 1 is 0.513 bits per heavy atom. The van der Waals surface area contributed by atoms with Crippen molar-refractivity contribution in [2.75, 3.05) is 0 Å². The zero-order chi connectivity index (χ0) is 25.5. The van der Waals surface area contributed by atoms with Crippen LogP contribution < -0.4 is 0 Å². The van der Waals surface area contributed by atoms with Crippen molar-refractivity contribution >= 4 is 65.9 Å². The van der Waals surface area contributed by atoms with Crippen molar-refractivity contribution in [3.63, 3.8) is 0 Å². The van der Waals surface area contributed by atoms with Gasteiger partial charge in [0.2, 0.25) is 0 Å². The van der Waals surface area contributed by atoms with Crippen molar-refractivity contribution in [3.05, 3.63) is 109 Å². The molecule has 0 aliphatic heterocycles. The zero-order valence-electron chi connectivity index (χ0n) is 20.6. The molecule has 4 aromatic carbocycles. The Labute approximate surface area is 221 Å². The van der Waals surface area contributed by atoms with Crippen molar-refractivity contribution < 1.29 is 8.83 Å². The van der Waals surface area contributed by atoms with Crippen LogP contribution in [0.25, 0.3) is 88.2 Å². The molecular formula is C34H19N3O2. The van der Waals surface area contributed by atoms with Gasteiger partial charge in [-0.25, -0.2) is 0 Å². The van der Waals surface area contributed by atoms with Crippen LogP contribution in [-0.4, -0.2) is 15.0 Å². The fourth-order valence-corrected chi connectivity index (χ4v) is 5.91. The van der Waals surface area contributed by atoms with E-state index in [2.05, 4.69) is 69.5 Å². The molecule has 5 aromatic heterocycles. The first-order valence-electron chi connectivity index (χ1n) is 12.9. The lowest BCUT2D eigenvalue weighted by molar-refractivity contribution is 0.668. The first kappa shape index (κ1) is 20.6. The quantitative estimate of drug-likeness (QED) is 0.256. The van der Waals surface area contributed by atoms with Crippen LogP contribution in [0.5, 0.6) is 0 Å². The third-order valence-electron chi connectivity index (χ3n) is 7.74. The van der Waals surface area contributed by atoms with Gasteiger partial charge in [0.25, 0.3) is 0 Å². The standard InChI is InChI=1S/C34H19N3O2/c1-3-7-27-23(5-1)31-32(37-27)21(13-15-35-31)19-9-11-29-25(17-19)26-18-20(10-12-30(26)38-29)22-14-16-36-33-24-6-2-4-8-28(24)39-34(22)33/h1-18,37H. The predicted molar refractivity (Wildman–Crippen MR) is 157 cm³/mol. The van der Waals surface area contributed by atoms with Gasteiger partial charge in [-0.15, -0.1) is 0 Å². The molecule has 1 N–H and O–H groups in total. The van der Waals surface area contributed by atoms with E-state index in [9.17, 15) is 0 Å². The number of furan rings is 2. The fourth-order valence-electron chi connectivity index (χ4n) is 5.91. The van der Waals surface area contributed by atoms with Crippen LogP contribution in [0.1, 0.15) is 0 Å². The Balaban J connectivity index is 1.26. The number of aromatic nitrogens is 3. The largest absolute Gasteiger partial charge is 0.456 e. The van der Waals surface area contributed by atoms with Gasteiger partial charge in [-0.1, -0.05) is 42.5 Å². The zero-order valence-corrected chi connectivity index (χ0v) is 20.6. The number of para-hydroxylation sites is 2. The van der Waals surface area contributed by atoms with E-state index >= 15 is 0 Å². The number of pyridine rings is 2. The van der Waals surface area contributed by atoms with Gasteiger partial charge in [-0.2, -0.15) is 0 Å². The Morgan fingerprint density at radius 2 is 1.15 bits per heavy atom. The minimum Gasteiger partial charge on any atom is -0.456 e. The highest BCUT2D eigenvalue weighted by Gasteiger charge is 2.16. The summed E-state index contributed by atoms with van der Waals surface area (Å²) in [5.41, 5.74) is 11.6. The molecule has 0 radical (unpaired) electrons. The van der Waals surface area contributed by atoms with Crippen LogP contribution >= 0.6 is 0 Å². The normalized spacial score (nSPS) is 12.1. The molecule has 0 spiro atoms. The first-order valence-corrected chi connectivity index (χ1v) is 12.9. The van der Waals surface area contributed by atoms with Gasteiger partial charge in [-0.05, 0) is 65.7 Å². The second-order valence-electron chi connectivity index (χ2n) is 9.91. The molecule has 0 aliphatic carbocycles. The number of hydrogen-bond acceptors (Lipinski definition) is 4. The number of benzene rings is 4. The molecule has 0 saturated carbocycles. The number of nitrogens with zero attached hydrogens (tertiary/aromatic N) is 2. The van der Waals surface area contributed by atoms with Crippen molar-refractivity contribution in [1.29, 1.82) is 0 Å². The summed E-state index contributed by atoms with van der Waals surface area (Å²) in [5, 5.41) is 4.28. The van der Waals surface area contributed by atoms with Gasteiger partial charge in [0, 0.05) is 50.6 Å². The third kappa shape index (κ3) is 2.90. The van der Waals surface area contributed by atoms with Crippen molar-refractivity contribution in [3.8, 4) is 22.3 Å². The molecule has 182 valence electrons. The van der Waals surface area contributed by atoms with Gasteiger partial charge in [0.05, 0.1) is 11.0 Å². The molecule has 0 atom stereocenters. The van der Waals surface area contributed by atoms with Gasteiger partial charge in [0.1, 0.15) is 22.3 Å². The van der Waals surface area contributed by atoms with E-state index in [4.69, 9.17) is 8.83 Å². The molecule has 0 bridgehead atoms. The molecule has 0 aliphatic rings. The molecule has 5 nitrogen and oxygen atoms in total. The van der Waals surface area contributed by atoms with E-state index in [-0.39, 0.29) is 0 Å². The van der Waals surface area contributed by atoms with Crippen LogP contribution in [0.15, 0.2) is 118 Å². The van der Waals surface area contributed by atoms with E-state index in [1.807, 2.05) is 54.9 Å². The highest BCUT2D eigenvalue weighted by Crippen LogP contribution is 2.39. The number of rotatable bonds is 2. The lowest BCUT2D eigenvalue weighted by atomic mass is 10.00. The summed E-state index contributed by atoms with van der Waals surface area (Å²) in [6.07, 6.45) is 3.74. The van der Waals surface area contributed by atoms with Crippen molar-refractivity contribution in [1.82, 2.24) is 15.0 Å². The second-order valence-corrected chi connectivity index (χ2v) is 9.91. The molecule has 9 rings (SSSR count). The Hall–Kier alpha value is -5.42. The number of hydrogen-bond donors (Lipinski definition) is 1. The third-order valence-corrected chi connectivity index (χ3v) is 7.74. The summed E-state index contributed by atoms with van der Waals surface area (Å²) in [5.74, 6) is 0. The van der Waals surface area contributed by atoms with E-state index in [1.165, 1.54) is 0 Å². The lowest BCUT2D eigenvalue weighted by Crippen LogP contribution is -1.83. The monoisotopic (exact) mass is 501 g/mol. The SMILES string of the molecule is c1ccc2c(c1)[nH]c1c(-c3ccc4oc5ccc(-c6ccnc7c6oc6ccccc67)cc5c4c3)ccnc12. The molecule has 5 heterocycles. The van der Waals surface area contributed by atoms with Crippen LogP contribution in [0.4, 0.5) is 0 Å². The predicted octanol–water partition coefficient (Wildman–Crippen LogP) is 9.24. The topological polar surface area (TPSA) is 67.8 Å². The number of aromatic amines is 1. The summed E-state index contributed by atoms with van der Waals surface area (Å²) in [7, 11) is 0. The first-order chi connectivity index (χ1) is 19.3. The summed E-state index contributed by atoms with van der Waals surface area (Å²) in [6.45, 7) is 0. The number of nitrogens with one attached hydrogen (secondary N) is 1. The van der Waals surface area contributed by atoms with E-state index in [1.54, 1.807) is 0 Å². The van der Waals surface area contributed by atoms with Crippen LogP contribution in [0, 0.1) is 0 Å². The van der Waals surface area contributed by atoms with Crippen molar-refractivity contribution in [2.45, 2.75) is 0 Å². The summed E-state index contributed by atoms with van der Waals surface area (Å²) < 4.78 is 12.5. The molecule has 5 heteroatoms. The van der Waals surface area contributed by atoms with E-state index in [0.717, 1.165) is 88.2 Å². The highest BCUT2D eigenvalue weighted by molar-refractivity contribution is 6.13. The minimum absolute atomic E-state index is 0.796. The summed E-state index contributed by atoms with van der Waals surface area (Å²) in [4.78, 5) is 12.9. The lowest BCUT2D eigenvalue weighted by Gasteiger charge is -2.04. The van der Waals surface area contributed by atoms with Gasteiger partial charge >= 0.3 is 0 Å². The summed E-state index contributed by atoms with van der Waals surface area (Å²) >= 11 is 0. The Morgan fingerprint density at radius 3 is 1.97 bits per heavy atom. The number of H-pyrrole nitrogens is 1. The van der Waals surface area contributed by atoms with Crippen LogP contribution in [-0.2, 0) is 0 Å². The highest BCUT2D eigenvalue weighted by atomic mass is 16.3. The average Bonchev–Trinajstić information content (AvgIpc) is 3.67. The van der Waals surface area contributed by atoms with Gasteiger partial charge in [-0.3, -0.25) is 9.97 Å². The smallest absolute Gasteiger partial charge is 0.161 e.